The van der Waals surface area contributed by atoms with E-state index in [0.29, 0.717) is 6.61 Å². The minimum absolute atomic E-state index is 0.322. The summed E-state index contributed by atoms with van der Waals surface area (Å²) in [5.74, 6) is 8.61. The van der Waals surface area contributed by atoms with Crippen LogP contribution < -0.4 is 0 Å². The molecule has 0 saturated carbocycles. The number of aliphatic hydroxyl groups is 1. The third-order valence-corrected chi connectivity index (χ3v) is 4.88. The lowest BCUT2D eigenvalue weighted by molar-refractivity contribution is 0.322. The highest BCUT2D eigenvalue weighted by molar-refractivity contribution is 7.99. The van der Waals surface area contributed by atoms with E-state index in [0.717, 1.165) is 17.7 Å². The van der Waals surface area contributed by atoms with Crippen LogP contribution in [0.3, 0.4) is 0 Å². The highest BCUT2D eigenvalue weighted by Crippen LogP contribution is 2.12. The summed E-state index contributed by atoms with van der Waals surface area (Å²) in [5, 5.41) is 8.68. The highest BCUT2D eigenvalue weighted by Gasteiger charge is 1.93. The van der Waals surface area contributed by atoms with Crippen molar-refractivity contribution in [3.05, 3.63) is 35.9 Å². The van der Waals surface area contributed by atoms with Crippen molar-refractivity contribution in [3.8, 4) is 11.8 Å². The molecule has 0 aliphatic carbocycles. The normalized spacial score (nSPS) is 10.3. The fourth-order valence-electron chi connectivity index (χ4n) is 2.51. The minimum Gasteiger partial charge on any atom is -0.396 e. The molecular formula is C21H32OS. The number of hydrogen-bond acceptors (Lipinski definition) is 2. The molecule has 0 amide bonds. The van der Waals surface area contributed by atoms with Gasteiger partial charge in [-0.05, 0) is 30.7 Å². The topological polar surface area (TPSA) is 20.2 Å². The molecule has 1 aromatic rings. The first-order valence-corrected chi connectivity index (χ1v) is 10.3. The molecule has 1 aromatic carbocycles. The first-order chi connectivity index (χ1) is 11.4. The van der Waals surface area contributed by atoms with Crippen LogP contribution >= 0.6 is 11.8 Å². The van der Waals surface area contributed by atoms with Crippen LogP contribution in [0.2, 0.25) is 0 Å². The van der Waals surface area contributed by atoms with E-state index in [1.165, 1.54) is 63.5 Å². The number of thioether (sulfide) groups is 1. The molecule has 1 nitrogen and oxygen atoms in total. The monoisotopic (exact) mass is 332 g/mol. The molecule has 0 aliphatic heterocycles. The maximum Gasteiger partial charge on any atom is 0.0521 e. The van der Waals surface area contributed by atoms with E-state index in [-0.39, 0.29) is 0 Å². The summed E-state index contributed by atoms with van der Waals surface area (Å²) in [6, 6.07) is 10.2. The minimum atomic E-state index is 0.322. The van der Waals surface area contributed by atoms with Crippen LogP contribution in [0.1, 0.15) is 69.8 Å². The molecule has 0 unspecified atom stereocenters. The van der Waals surface area contributed by atoms with Crippen molar-refractivity contribution in [3.63, 3.8) is 0 Å². The zero-order valence-electron chi connectivity index (χ0n) is 14.4. The third kappa shape index (κ3) is 13.2. The summed E-state index contributed by atoms with van der Waals surface area (Å²) in [5.41, 5.74) is 1.13. The van der Waals surface area contributed by atoms with E-state index in [1.54, 1.807) is 0 Å². The van der Waals surface area contributed by atoms with E-state index in [9.17, 15) is 0 Å². The Morgan fingerprint density at radius 1 is 0.739 bits per heavy atom. The van der Waals surface area contributed by atoms with E-state index in [4.69, 9.17) is 5.11 Å². The molecule has 0 heterocycles. The van der Waals surface area contributed by atoms with Crippen molar-refractivity contribution in [2.75, 3.05) is 18.1 Å². The Morgan fingerprint density at radius 2 is 1.35 bits per heavy atom. The van der Waals surface area contributed by atoms with Gasteiger partial charge >= 0.3 is 0 Å². The van der Waals surface area contributed by atoms with E-state index >= 15 is 0 Å². The zero-order chi connectivity index (χ0) is 16.4. The van der Waals surface area contributed by atoms with Crippen LogP contribution in [-0.4, -0.2) is 23.2 Å². The Kier molecular flexibility index (Phi) is 14.0. The Labute approximate surface area is 147 Å². The van der Waals surface area contributed by atoms with Gasteiger partial charge in [0.05, 0.1) is 6.61 Å². The first kappa shape index (κ1) is 20.1. The fourth-order valence-corrected chi connectivity index (χ4v) is 3.25. The van der Waals surface area contributed by atoms with Gasteiger partial charge in [-0.25, -0.2) is 0 Å². The van der Waals surface area contributed by atoms with Gasteiger partial charge < -0.3 is 5.11 Å². The Balaban J connectivity index is 1.79. The third-order valence-electron chi connectivity index (χ3n) is 3.83. The second-order valence-corrected chi connectivity index (χ2v) is 7.16. The highest BCUT2D eigenvalue weighted by atomic mass is 32.2. The molecule has 1 N–H and O–H groups in total. The maximum atomic E-state index is 8.68. The van der Waals surface area contributed by atoms with Gasteiger partial charge in [0.15, 0.2) is 0 Å². The molecular weight excluding hydrogens is 300 g/mol. The van der Waals surface area contributed by atoms with Crippen molar-refractivity contribution in [1.82, 2.24) is 0 Å². The van der Waals surface area contributed by atoms with Crippen molar-refractivity contribution in [2.24, 2.45) is 0 Å². The van der Waals surface area contributed by atoms with Crippen LogP contribution in [0.4, 0.5) is 0 Å². The van der Waals surface area contributed by atoms with Crippen molar-refractivity contribution in [2.45, 2.75) is 64.2 Å². The van der Waals surface area contributed by atoms with Crippen LogP contribution in [0.15, 0.2) is 30.3 Å². The number of unbranched alkanes of at least 4 members (excludes halogenated alkanes) is 9. The summed E-state index contributed by atoms with van der Waals surface area (Å²) in [7, 11) is 0. The molecule has 0 spiro atoms. The average Bonchev–Trinajstić information content (AvgIpc) is 2.59. The maximum absolute atomic E-state index is 8.68. The molecule has 0 bridgehead atoms. The predicted molar refractivity (Wildman–Crippen MR) is 104 cm³/mol. The number of rotatable bonds is 13. The molecule has 128 valence electrons. The molecule has 1 rings (SSSR count). The standard InChI is InChI=1S/C21H32OS/c22-18-20-23-19-14-9-7-5-3-1-2-4-6-8-11-15-21-16-12-10-13-17-21/h10,12-13,16-17,22H,1-9,14,18-20H2. The van der Waals surface area contributed by atoms with Gasteiger partial charge in [0.25, 0.3) is 0 Å². The predicted octanol–water partition coefficient (Wildman–Crippen LogP) is 5.66. The molecule has 0 fully saturated rings. The van der Waals surface area contributed by atoms with E-state index in [1.807, 2.05) is 30.0 Å². The average molecular weight is 333 g/mol. The quantitative estimate of drug-likeness (QED) is 0.371. The molecule has 2 heteroatoms. The van der Waals surface area contributed by atoms with Gasteiger partial charge in [-0.1, -0.05) is 75.0 Å². The SMILES string of the molecule is OCCSCCCCCCCCCCCC#Cc1ccccc1. The zero-order valence-corrected chi connectivity index (χ0v) is 15.3. The fraction of sp³-hybridized carbons (Fsp3) is 0.619. The first-order valence-electron chi connectivity index (χ1n) is 9.16. The number of hydrogen-bond donors (Lipinski definition) is 1. The van der Waals surface area contributed by atoms with Crippen molar-refractivity contribution < 1.29 is 5.11 Å². The second-order valence-electron chi connectivity index (χ2n) is 5.94. The lowest BCUT2D eigenvalue weighted by Crippen LogP contribution is -1.89. The van der Waals surface area contributed by atoms with E-state index in [2.05, 4.69) is 24.0 Å². The molecule has 0 saturated heterocycles. The Bertz CT molecular complexity index is 418. The Morgan fingerprint density at radius 3 is 2.00 bits per heavy atom. The van der Waals surface area contributed by atoms with Crippen LogP contribution in [-0.2, 0) is 0 Å². The molecule has 0 aliphatic rings. The summed E-state index contributed by atoms with van der Waals surface area (Å²) in [4.78, 5) is 0. The van der Waals surface area contributed by atoms with Crippen LogP contribution in [0.5, 0.6) is 0 Å². The van der Waals surface area contributed by atoms with E-state index < -0.39 is 0 Å². The van der Waals surface area contributed by atoms with Crippen molar-refractivity contribution in [1.29, 1.82) is 0 Å². The summed E-state index contributed by atoms with van der Waals surface area (Å²) >= 11 is 1.87. The summed E-state index contributed by atoms with van der Waals surface area (Å²) in [6.07, 6.45) is 13.1. The molecule has 0 aromatic heterocycles. The van der Waals surface area contributed by atoms with Crippen LogP contribution in [0.25, 0.3) is 0 Å². The van der Waals surface area contributed by atoms with Gasteiger partial charge in [0.2, 0.25) is 0 Å². The smallest absolute Gasteiger partial charge is 0.0521 e. The van der Waals surface area contributed by atoms with Crippen LogP contribution in [0, 0.1) is 11.8 Å². The molecule has 0 radical (unpaired) electrons. The summed E-state index contributed by atoms with van der Waals surface area (Å²) in [6.45, 7) is 0.322. The summed E-state index contributed by atoms with van der Waals surface area (Å²) < 4.78 is 0. The van der Waals surface area contributed by atoms with Gasteiger partial charge in [-0.2, -0.15) is 11.8 Å². The number of aliphatic hydroxyl groups excluding tert-OH is 1. The van der Waals surface area contributed by atoms with Gasteiger partial charge in [0, 0.05) is 17.7 Å². The Hall–Kier alpha value is -0.910. The molecule has 23 heavy (non-hydrogen) atoms. The van der Waals surface area contributed by atoms with Gasteiger partial charge in [-0.3, -0.25) is 0 Å². The lowest BCUT2D eigenvalue weighted by Gasteiger charge is -2.02. The largest absolute Gasteiger partial charge is 0.396 e. The molecule has 0 atom stereocenters. The lowest BCUT2D eigenvalue weighted by atomic mass is 10.1. The van der Waals surface area contributed by atoms with Gasteiger partial charge in [0.1, 0.15) is 0 Å². The second kappa shape index (κ2) is 16.0. The van der Waals surface area contributed by atoms with Crippen molar-refractivity contribution >= 4 is 11.8 Å². The number of benzene rings is 1. The van der Waals surface area contributed by atoms with Gasteiger partial charge in [-0.15, -0.1) is 0 Å².